The van der Waals surface area contributed by atoms with Crippen LogP contribution in [0.5, 0.6) is 0 Å². The highest BCUT2D eigenvalue weighted by Crippen LogP contribution is 2.35. The number of anilines is 1. The van der Waals surface area contributed by atoms with Crippen LogP contribution in [0.25, 0.3) is 0 Å². The van der Waals surface area contributed by atoms with E-state index in [4.69, 9.17) is 0 Å². The third-order valence-corrected chi connectivity index (χ3v) is 6.13. The van der Waals surface area contributed by atoms with Gasteiger partial charge >= 0.3 is 0 Å². The Morgan fingerprint density at radius 1 is 1.23 bits per heavy atom. The summed E-state index contributed by atoms with van der Waals surface area (Å²) in [7, 11) is 0. The van der Waals surface area contributed by atoms with Crippen LogP contribution in [0, 0.1) is 6.92 Å². The second-order valence-electron chi connectivity index (χ2n) is 8.10. The van der Waals surface area contributed by atoms with Gasteiger partial charge in [0.2, 0.25) is 5.91 Å². The maximum absolute atomic E-state index is 13.6. The molecule has 0 aliphatic rings. The van der Waals surface area contributed by atoms with E-state index >= 15 is 0 Å². The summed E-state index contributed by atoms with van der Waals surface area (Å²) < 4.78 is 3.84. The van der Waals surface area contributed by atoms with Crippen LogP contribution in [0.15, 0.2) is 41.1 Å². The molecule has 2 aromatic heterocycles. The van der Waals surface area contributed by atoms with E-state index in [-0.39, 0.29) is 17.5 Å². The van der Waals surface area contributed by atoms with Crippen LogP contribution < -0.4 is 10.2 Å². The van der Waals surface area contributed by atoms with Gasteiger partial charge in [-0.2, -0.15) is 0 Å². The number of thiophene rings is 1. The summed E-state index contributed by atoms with van der Waals surface area (Å²) in [6, 6.07) is 8.89. The molecule has 0 aliphatic heterocycles. The molecular weight excluding hydrogens is 416 g/mol. The lowest BCUT2D eigenvalue weighted by molar-refractivity contribution is -0.123. The smallest absolute Gasteiger partial charge is 0.280 e. The van der Waals surface area contributed by atoms with Gasteiger partial charge in [-0.3, -0.25) is 14.5 Å². The molecule has 0 saturated heterocycles. The minimum absolute atomic E-state index is 0.227. The highest BCUT2D eigenvalue weighted by Gasteiger charge is 2.37. The molecule has 8 heteroatoms. The van der Waals surface area contributed by atoms with Crippen LogP contribution in [-0.4, -0.2) is 26.9 Å². The SMILES string of the molecule is CCc1cccc(N(C(=O)c2csnn2)[C@@H](C(=O)NC(C)(C)C)c2sccc2C)c1. The van der Waals surface area contributed by atoms with Crippen molar-refractivity contribution in [2.75, 3.05) is 4.90 Å². The molecule has 3 rings (SSSR count). The quantitative estimate of drug-likeness (QED) is 0.596. The normalized spacial score (nSPS) is 12.4. The van der Waals surface area contributed by atoms with E-state index in [2.05, 4.69) is 21.8 Å². The zero-order valence-electron chi connectivity index (χ0n) is 17.8. The Hall–Kier alpha value is -2.58. The molecule has 1 atom stereocenters. The van der Waals surface area contributed by atoms with Crippen LogP contribution in [0.3, 0.4) is 0 Å². The molecule has 3 aromatic rings. The molecule has 30 heavy (non-hydrogen) atoms. The molecule has 158 valence electrons. The number of nitrogens with one attached hydrogen (secondary N) is 1. The first-order valence-corrected chi connectivity index (χ1v) is 11.5. The van der Waals surface area contributed by atoms with Crippen molar-refractivity contribution in [2.24, 2.45) is 0 Å². The Labute approximate surface area is 185 Å². The second kappa shape index (κ2) is 9.06. The average molecular weight is 443 g/mol. The summed E-state index contributed by atoms with van der Waals surface area (Å²) in [5, 5.41) is 10.6. The third-order valence-electron chi connectivity index (χ3n) is 4.55. The van der Waals surface area contributed by atoms with Gasteiger partial charge in [-0.05, 0) is 80.4 Å². The zero-order valence-corrected chi connectivity index (χ0v) is 19.4. The van der Waals surface area contributed by atoms with Crippen molar-refractivity contribution < 1.29 is 9.59 Å². The number of benzene rings is 1. The summed E-state index contributed by atoms with van der Waals surface area (Å²) in [4.78, 5) is 29.5. The lowest BCUT2D eigenvalue weighted by Gasteiger charge is -2.33. The number of rotatable bonds is 6. The molecule has 6 nitrogen and oxygen atoms in total. The first-order chi connectivity index (χ1) is 14.2. The fraction of sp³-hybridized carbons (Fsp3) is 0.364. The number of carbonyl (C=O) groups excluding carboxylic acids is 2. The number of nitrogens with zero attached hydrogens (tertiary/aromatic N) is 3. The van der Waals surface area contributed by atoms with E-state index in [1.165, 1.54) is 11.3 Å². The fourth-order valence-electron chi connectivity index (χ4n) is 3.15. The molecule has 2 amide bonds. The van der Waals surface area contributed by atoms with Crippen LogP contribution >= 0.6 is 22.9 Å². The number of aryl methyl sites for hydroxylation is 2. The number of aromatic nitrogens is 2. The maximum Gasteiger partial charge on any atom is 0.280 e. The topological polar surface area (TPSA) is 75.2 Å². The zero-order chi connectivity index (χ0) is 21.9. The van der Waals surface area contributed by atoms with E-state index in [9.17, 15) is 9.59 Å². The Morgan fingerprint density at radius 2 is 2.00 bits per heavy atom. The van der Waals surface area contributed by atoms with E-state index in [1.807, 2.05) is 63.4 Å². The number of hydrogen-bond donors (Lipinski definition) is 1. The lowest BCUT2D eigenvalue weighted by atomic mass is 10.0. The Bertz CT molecular complexity index is 1020. The standard InChI is InChI=1S/C22H26N4O2S2/c1-6-15-8-7-9-16(12-15)26(21(28)17-13-30-25-24-17)18(19-14(2)10-11-29-19)20(27)23-22(3,4)5/h7-13,18H,6H2,1-5H3,(H,23,27)/t18-/m1/s1. The lowest BCUT2D eigenvalue weighted by Crippen LogP contribution is -2.49. The molecule has 1 aromatic carbocycles. The largest absolute Gasteiger partial charge is 0.349 e. The first kappa shape index (κ1) is 22.1. The van der Waals surface area contributed by atoms with Crippen molar-refractivity contribution in [3.63, 3.8) is 0 Å². The van der Waals surface area contributed by atoms with Gasteiger partial charge in [-0.25, -0.2) is 0 Å². The summed E-state index contributed by atoms with van der Waals surface area (Å²) in [5.41, 5.74) is 2.50. The maximum atomic E-state index is 13.6. The van der Waals surface area contributed by atoms with Crippen molar-refractivity contribution in [3.8, 4) is 0 Å². The minimum atomic E-state index is -0.814. The number of amides is 2. The van der Waals surface area contributed by atoms with Gasteiger partial charge in [-0.15, -0.1) is 16.4 Å². The molecular formula is C22H26N4O2S2. The minimum Gasteiger partial charge on any atom is -0.349 e. The fourth-order valence-corrected chi connectivity index (χ4v) is 4.59. The van der Waals surface area contributed by atoms with Gasteiger partial charge in [0.15, 0.2) is 11.7 Å². The highest BCUT2D eigenvalue weighted by molar-refractivity contribution is 7.10. The summed E-state index contributed by atoms with van der Waals surface area (Å²) in [6.45, 7) is 9.80. The third kappa shape index (κ3) is 4.94. The average Bonchev–Trinajstić information content (AvgIpc) is 3.36. The molecule has 0 spiro atoms. The van der Waals surface area contributed by atoms with E-state index in [1.54, 1.807) is 10.3 Å². The van der Waals surface area contributed by atoms with Crippen molar-refractivity contribution in [2.45, 2.75) is 52.6 Å². The molecule has 0 bridgehead atoms. The predicted octanol–water partition coefficient (Wildman–Crippen LogP) is 4.77. The Kier molecular flexibility index (Phi) is 6.67. The van der Waals surface area contributed by atoms with Gasteiger partial charge in [0.25, 0.3) is 5.91 Å². The molecule has 0 fully saturated rings. The summed E-state index contributed by atoms with van der Waals surface area (Å²) >= 11 is 2.58. The highest BCUT2D eigenvalue weighted by atomic mass is 32.1. The van der Waals surface area contributed by atoms with E-state index in [0.717, 1.165) is 34.0 Å². The van der Waals surface area contributed by atoms with Gasteiger partial charge in [0.05, 0.1) is 0 Å². The van der Waals surface area contributed by atoms with Crippen LogP contribution in [0.2, 0.25) is 0 Å². The molecule has 0 unspecified atom stereocenters. The van der Waals surface area contributed by atoms with Crippen molar-refractivity contribution in [1.82, 2.24) is 14.9 Å². The molecule has 1 N–H and O–H groups in total. The van der Waals surface area contributed by atoms with Crippen molar-refractivity contribution in [1.29, 1.82) is 0 Å². The second-order valence-corrected chi connectivity index (χ2v) is 9.66. The number of hydrogen-bond acceptors (Lipinski definition) is 6. The van der Waals surface area contributed by atoms with E-state index < -0.39 is 11.6 Å². The van der Waals surface area contributed by atoms with Crippen molar-refractivity contribution >= 4 is 40.4 Å². The van der Waals surface area contributed by atoms with Gasteiger partial charge in [-0.1, -0.05) is 23.5 Å². The van der Waals surface area contributed by atoms with Crippen LogP contribution in [0.1, 0.15) is 60.2 Å². The first-order valence-electron chi connectivity index (χ1n) is 9.77. The predicted molar refractivity (Wildman–Crippen MR) is 122 cm³/mol. The van der Waals surface area contributed by atoms with Gasteiger partial charge < -0.3 is 5.32 Å². The Morgan fingerprint density at radius 3 is 2.57 bits per heavy atom. The Balaban J connectivity index is 2.18. The van der Waals surface area contributed by atoms with Crippen molar-refractivity contribution in [3.05, 3.63) is 62.8 Å². The van der Waals surface area contributed by atoms with E-state index in [0.29, 0.717) is 5.69 Å². The summed E-state index contributed by atoms with van der Waals surface area (Å²) in [6.07, 6.45) is 0.824. The molecule has 0 radical (unpaired) electrons. The van der Waals surface area contributed by atoms with Crippen LogP contribution in [-0.2, 0) is 11.2 Å². The number of carbonyl (C=O) groups is 2. The van der Waals surface area contributed by atoms with Gasteiger partial charge in [0.1, 0.15) is 0 Å². The summed E-state index contributed by atoms with van der Waals surface area (Å²) in [5.74, 6) is -0.578. The van der Waals surface area contributed by atoms with Gasteiger partial charge in [0, 0.05) is 21.5 Å². The van der Waals surface area contributed by atoms with Crippen LogP contribution in [0.4, 0.5) is 5.69 Å². The molecule has 0 aliphatic carbocycles. The monoisotopic (exact) mass is 442 g/mol. The molecule has 0 saturated carbocycles. The molecule has 2 heterocycles.